The van der Waals surface area contributed by atoms with Crippen LogP contribution < -0.4 is 10.9 Å². The third kappa shape index (κ3) is 3.17. The number of aromatic nitrogens is 2. The van der Waals surface area contributed by atoms with Gasteiger partial charge in [-0.15, -0.1) is 0 Å². The van der Waals surface area contributed by atoms with Crippen LogP contribution in [0.25, 0.3) is 22.1 Å². The van der Waals surface area contributed by atoms with Crippen molar-refractivity contribution in [2.24, 2.45) is 0 Å². The van der Waals surface area contributed by atoms with Crippen molar-refractivity contribution in [2.75, 3.05) is 5.32 Å². The number of anilines is 1. The Labute approximate surface area is 161 Å². The number of nitrogens with one attached hydrogen (secondary N) is 1. The summed E-state index contributed by atoms with van der Waals surface area (Å²) in [7, 11) is 0. The van der Waals surface area contributed by atoms with Gasteiger partial charge in [0.05, 0.1) is 6.33 Å². The Balaban J connectivity index is 1.62. The highest BCUT2D eigenvalue weighted by molar-refractivity contribution is 6.01. The van der Waals surface area contributed by atoms with E-state index in [1.54, 1.807) is 6.07 Å². The lowest BCUT2D eigenvalue weighted by Gasteiger charge is -2.15. The number of amides is 1. The highest BCUT2D eigenvalue weighted by Gasteiger charge is 2.16. The molecule has 1 N–H and O–H groups in total. The van der Waals surface area contributed by atoms with E-state index >= 15 is 0 Å². The van der Waals surface area contributed by atoms with Crippen molar-refractivity contribution >= 4 is 33.7 Å². The minimum absolute atomic E-state index is 0.131. The first kappa shape index (κ1) is 18.0. The Morgan fingerprint density at radius 1 is 1.18 bits per heavy atom. The van der Waals surface area contributed by atoms with Crippen molar-refractivity contribution in [3.63, 3.8) is 0 Å². The summed E-state index contributed by atoms with van der Waals surface area (Å²) in [6.45, 7) is 4.10. The van der Waals surface area contributed by atoms with Gasteiger partial charge in [-0.2, -0.15) is 0 Å². The standard InChI is InChI=1S/C22H21N3O3/c1-3-14(2)15-8-4-6-10-17(15)24-19(26)12-25-13-23-20-16-9-5-7-11-18(16)28-21(20)22(25)27/h4-11,13-14H,3,12H2,1-2H3,(H,24,26)/t14-/m1/s1. The van der Waals surface area contributed by atoms with Crippen molar-refractivity contribution in [3.8, 4) is 0 Å². The molecule has 4 aromatic rings. The van der Waals surface area contributed by atoms with Gasteiger partial charge in [-0.1, -0.05) is 44.2 Å². The van der Waals surface area contributed by atoms with Crippen LogP contribution in [0, 0.1) is 0 Å². The summed E-state index contributed by atoms with van der Waals surface area (Å²) in [6, 6.07) is 15.1. The van der Waals surface area contributed by atoms with Crippen LogP contribution in [0.1, 0.15) is 31.7 Å². The maximum atomic E-state index is 12.8. The first-order valence-corrected chi connectivity index (χ1v) is 9.34. The first-order valence-electron chi connectivity index (χ1n) is 9.34. The number of furan rings is 1. The van der Waals surface area contributed by atoms with Crippen LogP contribution in [0.5, 0.6) is 0 Å². The number of fused-ring (bicyclic) bond motifs is 3. The van der Waals surface area contributed by atoms with Gasteiger partial charge in [0.2, 0.25) is 11.5 Å². The maximum Gasteiger partial charge on any atom is 0.297 e. The fraction of sp³-hybridized carbons (Fsp3) is 0.227. The lowest BCUT2D eigenvalue weighted by Crippen LogP contribution is -2.28. The molecular weight excluding hydrogens is 354 g/mol. The van der Waals surface area contributed by atoms with Gasteiger partial charge in [0, 0.05) is 11.1 Å². The van der Waals surface area contributed by atoms with Crippen LogP contribution in [0.15, 0.2) is 64.1 Å². The summed E-state index contributed by atoms with van der Waals surface area (Å²) in [5, 5.41) is 3.70. The van der Waals surface area contributed by atoms with Crippen molar-refractivity contribution in [1.29, 1.82) is 0 Å². The minimum Gasteiger partial charge on any atom is -0.448 e. The zero-order chi connectivity index (χ0) is 19.7. The smallest absolute Gasteiger partial charge is 0.297 e. The number of carbonyl (C=O) groups excluding carboxylic acids is 1. The number of nitrogens with zero attached hydrogens (tertiary/aromatic N) is 2. The zero-order valence-electron chi connectivity index (χ0n) is 15.8. The molecule has 2 aromatic heterocycles. The lowest BCUT2D eigenvalue weighted by molar-refractivity contribution is -0.116. The lowest BCUT2D eigenvalue weighted by atomic mass is 9.97. The molecule has 0 aliphatic carbocycles. The molecule has 142 valence electrons. The van der Waals surface area contributed by atoms with Crippen molar-refractivity contribution in [1.82, 2.24) is 9.55 Å². The van der Waals surface area contributed by atoms with Gasteiger partial charge >= 0.3 is 0 Å². The van der Waals surface area contributed by atoms with Gasteiger partial charge in [0.25, 0.3) is 5.56 Å². The zero-order valence-corrected chi connectivity index (χ0v) is 15.8. The Morgan fingerprint density at radius 3 is 2.75 bits per heavy atom. The molecule has 0 aliphatic heterocycles. The van der Waals surface area contributed by atoms with E-state index in [0.717, 1.165) is 23.1 Å². The Kier molecular flexibility index (Phi) is 4.69. The molecule has 0 saturated carbocycles. The predicted molar refractivity (Wildman–Crippen MR) is 110 cm³/mol. The highest BCUT2D eigenvalue weighted by atomic mass is 16.3. The fourth-order valence-corrected chi connectivity index (χ4v) is 3.33. The van der Waals surface area contributed by atoms with Crippen LogP contribution in [0.3, 0.4) is 0 Å². The molecule has 4 rings (SSSR count). The van der Waals surface area contributed by atoms with Crippen molar-refractivity contribution in [2.45, 2.75) is 32.7 Å². The average molecular weight is 375 g/mol. The summed E-state index contributed by atoms with van der Waals surface area (Å²) in [4.78, 5) is 29.7. The molecule has 0 aliphatic rings. The summed E-state index contributed by atoms with van der Waals surface area (Å²) in [6.07, 6.45) is 2.37. The van der Waals surface area contributed by atoms with Gasteiger partial charge in [-0.3, -0.25) is 14.2 Å². The van der Waals surface area contributed by atoms with E-state index in [-0.39, 0.29) is 23.6 Å². The van der Waals surface area contributed by atoms with E-state index in [2.05, 4.69) is 24.1 Å². The molecule has 1 amide bonds. The number of carbonyl (C=O) groups is 1. The van der Waals surface area contributed by atoms with Gasteiger partial charge in [-0.25, -0.2) is 4.98 Å². The second-order valence-electron chi connectivity index (χ2n) is 6.90. The second kappa shape index (κ2) is 7.31. The van der Waals surface area contributed by atoms with Crippen LogP contribution in [0.4, 0.5) is 5.69 Å². The molecule has 0 spiro atoms. The summed E-state index contributed by atoms with van der Waals surface area (Å²) in [5.41, 5.74) is 2.76. The van der Waals surface area contributed by atoms with Gasteiger partial charge in [0.1, 0.15) is 17.6 Å². The Bertz CT molecular complexity index is 1220. The number of hydrogen-bond acceptors (Lipinski definition) is 4. The summed E-state index contributed by atoms with van der Waals surface area (Å²) < 4.78 is 6.93. The quantitative estimate of drug-likeness (QED) is 0.564. The molecule has 6 nitrogen and oxygen atoms in total. The fourth-order valence-electron chi connectivity index (χ4n) is 3.33. The van der Waals surface area contributed by atoms with E-state index in [1.807, 2.05) is 42.5 Å². The van der Waals surface area contributed by atoms with Gasteiger partial charge in [0.15, 0.2) is 0 Å². The number of para-hydroxylation sites is 2. The molecular formula is C22H21N3O3. The number of benzene rings is 2. The largest absolute Gasteiger partial charge is 0.448 e. The molecule has 6 heteroatoms. The molecule has 1 atom stereocenters. The van der Waals surface area contributed by atoms with E-state index in [1.165, 1.54) is 10.9 Å². The third-order valence-electron chi connectivity index (χ3n) is 5.04. The van der Waals surface area contributed by atoms with Crippen LogP contribution in [-0.4, -0.2) is 15.5 Å². The molecule has 0 unspecified atom stereocenters. The first-order chi connectivity index (χ1) is 13.6. The molecule has 0 saturated heterocycles. The third-order valence-corrected chi connectivity index (χ3v) is 5.04. The van der Waals surface area contributed by atoms with Crippen molar-refractivity contribution < 1.29 is 9.21 Å². The summed E-state index contributed by atoms with van der Waals surface area (Å²) >= 11 is 0. The minimum atomic E-state index is -0.369. The average Bonchev–Trinajstić information content (AvgIpc) is 3.09. The van der Waals surface area contributed by atoms with E-state index in [0.29, 0.717) is 17.0 Å². The highest BCUT2D eigenvalue weighted by Crippen LogP contribution is 2.27. The molecule has 2 heterocycles. The Hall–Kier alpha value is -3.41. The predicted octanol–water partition coefficient (Wildman–Crippen LogP) is 4.29. The molecule has 0 radical (unpaired) electrons. The van der Waals surface area contributed by atoms with Crippen molar-refractivity contribution in [3.05, 3.63) is 70.8 Å². The molecule has 2 aromatic carbocycles. The normalized spacial score (nSPS) is 12.4. The Morgan fingerprint density at radius 2 is 1.93 bits per heavy atom. The monoisotopic (exact) mass is 375 g/mol. The molecule has 28 heavy (non-hydrogen) atoms. The molecule has 0 bridgehead atoms. The van der Waals surface area contributed by atoms with Crippen LogP contribution >= 0.6 is 0 Å². The maximum absolute atomic E-state index is 12.8. The van der Waals surface area contributed by atoms with Crippen LogP contribution in [-0.2, 0) is 11.3 Å². The van der Waals surface area contributed by atoms with E-state index in [9.17, 15) is 9.59 Å². The van der Waals surface area contributed by atoms with E-state index < -0.39 is 0 Å². The number of rotatable bonds is 5. The number of hydrogen-bond donors (Lipinski definition) is 1. The van der Waals surface area contributed by atoms with Crippen LogP contribution in [0.2, 0.25) is 0 Å². The SMILES string of the molecule is CC[C@@H](C)c1ccccc1NC(=O)Cn1cnc2c(oc3ccccc32)c1=O. The topological polar surface area (TPSA) is 77.1 Å². The van der Waals surface area contributed by atoms with Gasteiger partial charge < -0.3 is 9.73 Å². The molecule has 0 fully saturated rings. The summed E-state index contributed by atoms with van der Waals surface area (Å²) in [5.74, 6) is 0.0444. The second-order valence-corrected chi connectivity index (χ2v) is 6.90. The van der Waals surface area contributed by atoms with Gasteiger partial charge in [-0.05, 0) is 36.1 Å². The van der Waals surface area contributed by atoms with E-state index in [4.69, 9.17) is 4.42 Å².